The number of carbonyl (C=O) groups is 1. The maximum Gasteiger partial charge on any atom is 0.422 e. The average molecular weight is 446 g/mol. The number of carbonyl (C=O) groups excluding carboxylic acids is 1. The van der Waals surface area contributed by atoms with Gasteiger partial charge in [-0.1, -0.05) is 49.4 Å². The van der Waals surface area contributed by atoms with Gasteiger partial charge >= 0.3 is 6.18 Å². The lowest BCUT2D eigenvalue weighted by molar-refractivity contribution is -0.153. The molecule has 32 heavy (non-hydrogen) atoms. The molecule has 1 heterocycles. The number of hydrogen-bond acceptors (Lipinski definition) is 4. The normalized spacial score (nSPS) is 11.6. The van der Waals surface area contributed by atoms with Gasteiger partial charge in [-0.2, -0.15) is 13.2 Å². The van der Waals surface area contributed by atoms with E-state index in [1.54, 1.807) is 25.4 Å². The van der Waals surface area contributed by atoms with Crippen molar-refractivity contribution in [3.63, 3.8) is 0 Å². The van der Waals surface area contributed by atoms with Crippen molar-refractivity contribution in [1.29, 1.82) is 0 Å². The molecule has 0 bridgehead atoms. The van der Waals surface area contributed by atoms with Gasteiger partial charge in [-0.05, 0) is 34.7 Å². The smallest absolute Gasteiger partial charge is 0.422 e. The molecule has 3 rings (SSSR count). The summed E-state index contributed by atoms with van der Waals surface area (Å²) in [5.41, 5.74) is 3.57. The van der Waals surface area contributed by atoms with Gasteiger partial charge in [0.25, 0.3) is 0 Å². The molecule has 0 saturated carbocycles. The molecule has 0 aliphatic carbocycles. The number of hydrogen-bond donors (Lipinski definition) is 1. The van der Waals surface area contributed by atoms with Crippen LogP contribution in [0, 0.1) is 0 Å². The highest BCUT2D eigenvalue weighted by Crippen LogP contribution is 2.31. The van der Waals surface area contributed by atoms with Gasteiger partial charge < -0.3 is 10.1 Å². The van der Waals surface area contributed by atoms with E-state index < -0.39 is 12.8 Å². The van der Waals surface area contributed by atoms with Gasteiger partial charge in [-0.15, -0.1) is 5.10 Å². The molecule has 0 fully saturated rings. The standard InChI is InChI=1S/C23H25F3N4O2/c1-15(2)18-7-4-16(5-8-18)11-22(31)27-12-17-6-9-21(32-14-23(24,25)26)19(10-17)20-13-30(3)29-28-20/h4-10,13,15H,11-12,14H2,1-3H3,(H,27,31). The lowest BCUT2D eigenvalue weighted by Gasteiger charge is -2.14. The zero-order valence-corrected chi connectivity index (χ0v) is 18.1. The van der Waals surface area contributed by atoms with Crippen LogP contribution in [-0.4, -0.2) is 33.7 Å². The molecule has 0 atom stereocenters. The zero-order valence-electron chi connectivity index (χ0n) is 18.1. The predicted molar refractivity (Wildman–Crippen MR) is 114 cm³/mol. The Hall–Kier alpha value is -3.36. The maximum absolute atomic E-state index is 12.6. The van der Waals surface area contributed by atoms with Crippen LogP contribution in [0.1, 0.15) is 36.5 Å². The van der Waals surface area contributed by atoms with Crippen molar-refractivity contribution in [3.8, 4) is 17.0 Å². The van der Waals surface area contributed by atoms with Gasteiger partial charge in [0.1, 0.15) is 11.4 Å². The topological polar surface area (TPSA) is 69.0 Å². The number of nitrogens with zero attached hydrogens (tertiary/aromatic N) is 3. The molecule has 0 radical (unpaired) electrons. The van der Waals surface area contributed by atoms with E-state index in [-0.39, 0.29) is 24.6 Å². The molecule has 3 aromatic rings. The quantitative estimate of drug-likeness (QED) is 0.557. The van der Waals surface area contributed by atoms with Crippen molar-refractivity contribution in [2.45, 2.75) is 38.9 Å². The first-order valence-corrected chi connectivity index (χ1v) is 10.2. The van der Waals surface area contributed by atoms with Crippen LogP contribution in [0.15, 0.2) is 48.7 Å². The Labute approximate surface area is 184 Å². The van der Waals surface area contributed by atoms with Crippen LogP contribution in [0.4, 0.5) is 13.2 Å². The van der Waals surface area contributed by atoms with Crippen molar-refractivity contribution in [1.82, 2.24) is 20.3 Å². The highest BCUT2D eigenvalue weighted by Gasteiger charge is 2.29. The average Bonchev–Trinajstić information content (AvgIpc) is 3.17. The summed E-state index contributed by atoms with van der Waals surface area (Å²) in [5.74, 6) is 0.313. The van der Waals surface area contributed by atoms with Crippen LogP contribution in [0.3, 0.4) is 0 Å². The predicted octanol–water partition coefficient (Wildman–Crippen LogP) is 4.41. The molecule has 0 aliphatic heterocycles. The summed E-state index contributed by atoms with van der Waals surface area (Å²) < 4.78 is 44.2. The van der Waals surface area contributed by atoms with E-state index in [1.165, 1.54) is 16.3 Å². The molecule has 0 aliphatic rings. The summed E-state index contributed by atoms with van der Waals surface area (Å²) in [6.07, 6.45) is -2.64. The fourth-order valence-electron chi connectivity index (χ4n) is 3.11. The van der Waals surface area contributed by atoms with Crippen LogP contribution in [0.25, 0.3) is 11.3 Å². The molecule has 0 saturated heterocycles. The molecule has 1 N–H and O–H groups in total. The number of nitrogens with one attached hydrogen (secondary N) is 1. The Kier molecular flexibility index (Phi) is 7.17. The second-order valence-electron chi connectivity index (χ2n) is 7.86. The second-order valence-corrected chi connectivity index (χ2v) is 7.86. The van der Waals surface area contributed by atoms with Crippen molar-refractivity contribution in [2.75, 3.05) is 6.61 Å². The van der Waals surface area contributed by atoms with Crippen molar-refractivity contribution in [2.24, 2.45) is 7.05 Å². The third kappa shape index (κ3) is 6.57. The Morgan fingerprint density at radius 1 is 1.12 bits per heavy atom. The van der Waals surface area contributed by atoms with E-state index in [1.807, 2.05) is 24.3 Å². The number of benzene rings is 2. The number of halogens is 3. The third-order valence-corrected chi connectivity index (χ3v) is 4.81. The van der Waals surface area contributed by atoms with E-state index in [9.17, 15) is 18.0 Å². The van der Waals surface area contributed by atoms with Gasteiger partial charge in [0.15, 0.2) is 6.61 Å². The number of rotatable bonds is 8. The monoisotopic (exact) mass is 446 g/mol. The van der Waals surface area contributed by atoms with Gasteiger partial charge in [-0.3, -0.25) is 9.48 Å². The first-order valence-electron chi connectivity index (χ1n) is 10.2. The lowest BCUT2D eigenvalue weighted by Crippen LogP contribution is -2.24. The van der Waals surface area contributed by atoms with E-state index in [0.29, 0.717) is 22.7 Å². The lowest BCUT2D eigenvalue weighted by atomic mass is 10.0. The summed E-state index contributed by atoms with van der Waals surface area (Å²) in [5, 5.41) is 10.6. The second kappa shape index (κ2) is 9.84. The number of amides is 1. The first kappa shape index (κ1) is 23.3. The SMILES string of the molecule is CC(C)c1ccc(CC(=O)NCc2ccc(OCC(F)(F)F)c(-c3cn(C)nn3)c2)cc1. The molecule has 170 valence electrons. The molecule has 6 nitrogen and oxygen atoms in total. The van der Waals surface area contributed by atoms with Crippen LogP contribution in [-0.2, 0) is 24.8 Å². The highest BCUT2D eigenvalue weighted by molar-refractivity contribution is 5.78. The van der Waals surface area contributed by atoms with Crippen molar-refractivity contribution >= 4 is 5.91 Å². The van der Waals surface area contributed by atoms with Gasteiger partial charge in [0.05, 0.1) is 12.6 Å². The summed E-state index contributed by atoms with van der Waals surface area (Å²) >= 11 is 0. The largest absolute Gasteiger partial charge is 0.483 e. The van der Waals surface area contributed by atoms with E-state index in [2.05, 4.69) is 29.5 Å². The van der Waals surface area contributed by atoms with Gasteiger partial charge in [0.2, 0.25) is 5.91 Å². The minimum atomic E-state index is -4.46. The summed E-state index contributed by atoms with van der Waals surface area (Å²) in [7, 11) is 1.66. The number of ether oxygens (including phenoxy) is 1. The molecule has 0 spiro atoms. The summed E-state index contributed by atoms with van der Waals surface area (Å²) in [4.78, 5) is 12.4. The van der Waals surface area contributed by atoms with Crippen molar-refractivity contribution in [3.05, 3.63) is 65.4 Å². The highest BCUT2D eigenvalue weighted by atomic mass is 19.4. The van der Waals surface area contributed by atoms with E-state index in [4.69, 9.17) is 4.74 Å². The van der Waals surface area contributed by atoms with Gasteiger partial charge in [-0.25, -0.2) is 0 Å². The molecule has 9 heteroatoms. The Balaban J connectivity index is 1.68. The Morgan fingerprint density at radius 2 is 1.81 bits per heavy atom. The van der Waals surface area contributed by atoms with Gasteiger partial charge in [0, 0.05) is 19.2 Å². The van der Waals surface area contributed by atoms with Crippen LogP contribution in [0.5, 0.6) is 5.75 Å². The first-order chi connectivity index (χ1) is 15.1. The third-order valence-electron chi connectivity index (χ3n) is 4.81. The zero-order chi connectivity index (χ0) is 23.3. The molecule has 2 aromatic carbocycles. The number of aromatic nitrogens is 3. The minimum absolute atomic E-state index is 0.0446. The van der Waals surface area contributed by atoms with Crippen LogP contribution < -0.4 is 10.1 Å². The molecular formula is C23H25F3N4O2. The fourth-order valence-corrected chi connectivity index (χ4v) is 3.11. The maximum atomic E-state index is 12.6. The summed E-state index contributed by atoms with van der Waals surface area (Å²) in [6, 6.07) is 12.6. The van der Waals surface area contributed by atoms with E-state index >= 15 is 0 Å². The minimum Gasteiger partial charge on any atom is -0.483 e. The number of alkyl halides is 3. The number of aryl methyl sites for hydroxylation is 1. The van der Waals surface area contributed by atoms with Crippen LogP contribution in [0.2, 0.25) is 0 Å². The van der Waals surface area contributed by atoms with Crippen LogP contribution >= 0.6 is 0 Å². The molecule has 1 aromatic heterocycles. The van der Waals surface area contributed by atoms with Crippen molar-refractivity contribution < 1.29 is 22.7 Å². The molecule has 0 unspecified atom stereocenters. The fraction of sp³-hybridized carbons (Fsp3) is 0.348. The summed E-state index contributed by atoms with van der Waals surface area (Å²) in [6.45, 7) is 3.02. The van der Waals surface area contributed by atoms with E-state index in [0.717, 1.165) is 5.56 Å². The Morgan fingerprint density at radius 3 is 2.41 bits per heavy atom. The molecular weight excluding hydrogens is 421 g/mol. The Bertz CT molecular complexity index is 1060. The molecule has 1 amide bonds.